The summed E-state index contributed by atoms with van der Waals surface area (Å²) in [6.07, 6.45) is 0.403. The van der Waals surface area contributed by atoms with Crippen molar-refractivity contribution in [2.24, 2.45) is 17.8 Å². The molecule has 1 saturated heterocycles. The van der Waals surface area contributed by atoms with E-state index in [1.54, 1.807) is 7.11 Å². The zero-order chi connectivity index (χ0) is 20.8. The second kappa shape index (κ2) is 10.1. The number of methoxy groups -OCH3 is 1. The van der Waals surface area contributed by atoms with Crippen molar-refractivity contribution in [1.82, 2.24) is 15.5 Å². The van der Waals surface area contributed by atoms with Crippen LogP contribution in [-0.4, -0.2) is 62.3 Å². The van der Waals surface area contributed by atoms with Crippen molar-refractivity contribution < 1.29 is 19.1 Å². The Labute approximate surface area is 173 Å². The molecule has 7 nitrogen and oxygen atoms in total. The monoisotopic (exact) mass is 403 g/mol. The molecule has 3 rings (SSSR count). The number of rotatable bonds is 8. The SMILES string of the molecule is COCC1C2CNCC2CC1N(C(=O)CNC(=O)OCc1ccccc1)C(C)C. The lowest BCUT2D eigenvalue weighted by Crippen LogP contribution is -2.52. The molecule has 4 atom stereocenters. The number of hydrogen-bond donors (Lipinski definition) is 2. The predicted molar refractivity (Wildman–Crippen MR) is 110 cm³/mol. The molecule has 0 bridgehead atoms. The predicted octanol–water partition coefficient (Wildman–Crippen LogP) is 2.02. The molecular formula is C22H33N3O4. The first-order valence-electron chi connectivity index (χ1n) is 10.5. The molecule has 160 valence electrons. The first-order valence-corrected chi connectivity index (χ1v) is 10.5. The van der Waals surface area contributed by atoms with Crippen LogP contribution in [0.3, 0.4) is 0 Å². The van der Waals surface area contributed by atoms with E-state index in [2.05, 4.69) is 10.6 Å². The normalized spacial score (nSPS) is 25.7. The molecule has 29 heavy (non-hydrogen) atoms. The van der Waals surface area contributed by atoms with Gasteiger partial charge in [-0.25, -0.2) is 4.79 Å². The number of benzene rings is 1. The van der Waals surface area contributed by atoms with Crippen LogP contribution < -0.4 is 10.6 Å². The average Bonchev–Trinajstić information content (AvgIpc) is 3.28. The largest absolute Gasteiger partial charge is 0.445 e. The minimum absolute atomic E-state index is 0.0563. The van der Waals surface area contributed by atoms with E-state index in [1.807, 2.05) is 49.1 Å². The lowest BCUT2D eigenvalue weighted by Gasteiger charge is -2.37. The maximum atomic E-state index is 13.0. The maximum absolute atomic E-state index is 13.0. The van der Waals surface area contributed by atoms with Crippen molar-refractivity contribution in [2.45, 2.75) is 39.0 Å². The molecule has 7 heteroatoms. The fourth-order valence-corrected chi connectivity index (χ4v) is 4.90. The van der Waals surface area contributed by atoms with E-state index in [9.17, 15) is 9.59 Å². The van der Waals surface area contributed by atoms with E-state index in [4.69, 9.17) is 9.47 Å². The summed E-state index contributed by atoms with van der Waals surface area (Å²) < 4.78 is 10.7. The third kappa shape index (κ3) is 5.28. The third-order valence-corrected chi connectivity index (χ3v) is 6.14. The zero-order valence-corrected chi connectivity index (χ0v) is 17.6. The molecule has 1 saturated carbocycles. The van der Waals surface area contributed by atoms with Gasteiger partial charge in [-0.1, -0.05) is 30.3 Å². The standard InChI is InChI=1S/C22H33N3O4/c1-15(2)25(20-9-17-10-23-11-18(17)19(20)14-28-3)21(26)12-24-22(27)29-13-16-7-5-4-6-8-16/h4-8,15,17-20,23H,9-14H2,1-3H3,(H,24,27). The van der Waals surface area contributed by atoms with Crippen LogP contribution >= 0.6 is 0 Å². The summed E-state index contributed by atoms with van der Waals surface area (Å²) in [7, 11) is 1.72. The molecule has 2 N–H and O–H groups in total. The molecule has 2 amide bonds. The molecule has 2 fully saturated rings. The van der Waals surface area contributed by atoms with E-state index in [0.717, 1.165) is 25.1 Å². The summed E-state index contributed by atoms with van der Waals surface area (Å²) in [4.78, 5) is 27.0. The number of carbonyl (C=O) groups is 2. The first-order chi connectivity index (χ1) is 14.0. The Morgan fingerprint density at radius 1 is 1.24 bits per heavy atom. The van der Waals surface area contributed by atoms with Gasteiger partial charge in [0.1, 0.15) is 13.2 Å². The fraction of sp³-hybridized carbons (Fsp3) is 0.636. The highest BCUT2D eigenvalue weighted by Crippen LogP contribution is 2.42. The Kier molecular flexibility index (Phi) is 7.50. The highest BCUT2D eigenvalue weighted by atomic mass is 16.5. The second-order valence-corrected chi connectivity index (χ2v) is 8.31. The summed E-state index contributed by atoms with van der Waals surface area (Å²) >= 11 is 0. The lowest BCUT2D eigenvalue weighted by atomic mass is 9.91. The van der Waals surface area contributed by atoms with E-state index in [1.165, 1.54) is 0 Å². The molecule has 1 aliphatic carbocycles. The van der Waals surface area contributed by atoms with Crippen LogP contribution in [0.2, 0.25) is 0 Å². The van der Waals surface area contributed by atoms with Gasteiger partial charge in [0.25, 0.3) is 0 Å². The topological polar surface area (TPSA) is 79.9 Å². The molecular weight excluding hydrogens is 370 g/mol. The molecule has 0 radical (unpaired) electrons. The van der Waals surface area contributed by atoms with E-state index >= 15 is 0 Å². The van der Waals surface area contributed by atoms with Gasteiger partial charge in [-0.05, 0) is 50.8 Å². The highest BCUT2D eigenvalue weighted by molar-refractivity contribution is 5.82. The lowest BCUT2D eigenvalue weighted by molar-refractivity contribution is -0.136. The van der Waals surface area contributed by atoms with Crippen molar-refractivity contribution in [3.05, 3.63) is 35.9 Å². The van der Waals surface area contributed by atoms with Crippen LogP contribution in [0.25, 0.3) is 0 Å². The summed E-state index contributed by atoms with van der Waals surface area (Å²) in [6.45, 7) is 6.82. The van der Waals surface area contributed by atoms with Gasteiger partial charge in [0, 0.05) is 25.1 Å². The number of nitrogens with zero attached hydrogens (tertiary/aromatic N) is 1. The first kappa shape index (κ1) is 21.6. The number of hydrogen-bond acceptors (Lipinski definition) is 5. The molecule has 1 aliphatic heterocycles. The minimum atomic E-state index is -0.577. The molecule has 1 aromatic rings. The fourth-order valence-electron chi connectivity index (χ4n) is 4.90. The van der Waals surface area contributed by atoms with E-state index in [-0.39, 0.29) is 31.1 Å². The van der Waals surface area contributed by atoms with Gasteiger partial charge in [0.05, 0.1) is 6.61 Å². The Bertz CT molecular complexity index is 682. The molecule has 2 aliphatic rings. The zero-order valence-electron chi connectivity index (χ0n) is 17.6. The number of fused-ring (bicyclic) bond motifs is 1. The van der Waals surface area contributed by atoms with Crippen molar-refractivity contribution in [2.75, 3.05) is 33.4 Å². The summed E-state index contributed by atoms with van der Waals surface area (Å²) in [5.41, 5.74) is 0.909. The average molecular weight is 404 g/mol. The molecule has 4 unspecified atom stereocenters. The van der Waals surface area contributed by atoms with Crippen LogP contribution in [0.4, 0.5) is 4.79 Å². The van der Waals surface area contributed by atoms with Crippen LogP contribution in [0.1, 0.15) is 25.8 Å². The summed E-state index contributed by atoms with van der Waals surface area (Å²) in [5, 5.41) is 6.08. The molecule has 0 aromatic heterocycles. The van der Waals surface area contributed by atoms with Crippen LogP contribution in [-0.2, 0) is 20.9 Å². The Balaban J connectivity index is 1.55. The summed E-state index contributed by atoms with van der Waals surface area (Å²) in [6, 6.07) is 9.67. The number of carbonyl (C=O) groups excluding carboxylic acids is 2. The Morgan fingerprint density at radius 2 is 2.00 bits per heavy atom. The third-order valence-electron chi connectivity index (χ3n) is 6.14. The quantitative estimate of drug-likeness (QED) is 0.694. The number of ether oxygens (including phenoxy) is 2. The van der Waals surface area contributed by atoms with Crippen molar-refractivity contribution in [3.8, 4) is 0 Å². The van der Waals surface area contributed by atoms with Crippen molar-refractivity contribution in [1.29, 1.82) is 0 Å². The van der Waals surface area contributed by atoms with Crippen LogP contribution in [0.5, 0.6) is 0 Å². The van der Waals surface area contributed by atoms with Gasteiger partial charge in [0.2, 0.25) is 5.91 Å². The molecule has 1 heterocycles. The van der Waals surface area contributed by atoms with Gasteiger partial charge in [-0.2, -0.15) is 0 Å². The van der Waals surface area contributed by atoms with Gasteiger partial charge in [-0.3, -0.25) is 4.79 Å². The molecule has 1 aromatic carbocycles. The Hall–Kier alpha value is -2.12. The van der Waals surface area contributed by atoms with Crippen molar-refractivity contribution >= 4 is 12.0 Å². The van der Waals surface area contributed by atoms with Gasteiger partial charge < -0.3 is 25.0 Å². The van der Waals surface area contributed by atoms with Crippen molar-refractivity contribution in [3.63, 3.8) is 0 Å². The van der Waals surface area contributed by atoms with E-state index < -0.39 is 6.09 Å². The number of nitrogens with one attached hydrogen (secondary N) is 2. The molecule has 0 spiro atoms. The smallest absolute Gasteiger partial charge is 0.407 e. The number of amides is 2. The van der Waals surface area contributed by atoms with Crippen LogP contribution in [0, 0.1) is 17.8 Å². The maximum Gasteiger partial charge on any atom is 0.407 e. The number of alkyl carbamates (subject to hydrolysis) is 1. The van der Waals surface area contributed by atoms with Gasteiger partial charge >= 0.3 is 6.09 Å². The second-order valence-electron chi connectivity index (χ2n) is 8.31. The van der Waals surface area contributed by atoms with Gasteiger partial charge in [-0.15, -0.1) is 0 Å². The van der Waals surface area contributed by atoms with Crippen LogP contribution in [0.15, 0.2) is 30.3 Å². The van der Waals surface area contributed by atoms with E-state index in [0.29, 0.717) is 24.4 Å². The van der Waals surface area contributed by atoms with Gasteiger partial charge in [0.15, 0.2) is 0 Å². The summed E-state index contributed by atoms with van der Waals surface area (Å²) in [5.74, 6) is 1.36. The Morgan fingerprint density at radius 3 is 2.69 bits per heavy atom. The highest BCUT2D eigenvalue weighted by Gasteiger charge is 2.48. The minimum Gasteiger partial charge on any atom is -0.445 e.